The summed E-state index contributed by atoms with van der Waals surface area (Å²) in [6, 6.07) is 10.1. The molecule has 0 bridgehead atoms. The van der Waals surface area contributed by atoms with Crippen molar-refractivity contribution in [3.05, 3.63) is 58.0 Å². The molecule has 0 saturated heterocycles. The number of nitrogens with one attached hydrogen (secondary N) is 2. The van der Waals surface area contributed by atoms with Crippen molar-refractivity contribution >= 4 is 28.3 Å². The second-order valence-corrected chi connectivity index (χ2v) is 7.17. The summed E-state index contributed by atoms with van der Waals surface area (Å²) >= 11 is 1.72. The second kappa shape index (κ2) is 5.83. The highest BCUT2D eigenvalue weighted by Crippen LogP contribution is 2.38. The summed E-state index contributed by atoms with van der Waals surface area (Å²) in [5.41, 5.74) is 3.22. The number of anilines is 1. The zero-order valence-electron chi connectivity index (χ0n) is 13.0. The first-order chi connectivity index (χ1) is 11.2. The van der Waals surface area contributed by atoms with Gasteiger partial charge in [-0.25, -0.2) is 0 Å². The number of rotatable bonds is 2. The Morgan fingerprint density at radius 1 is 1.26 bits per heavy atom. The number of likely N-dealkylation sites (N-methyl/N-ethyl adjacent to an activating group) is 1. The molecule has 0 spiro atoms. The molecule has 5 heteroatoms. The number of amides is 1. The molecule has 2 aromatic rings. The molecule has 0 aliphatic carbocycles. The zero-order chi connectivity index (χ0) is 15.8. The highest BCUT2D eigenvalue weighted by atomic mass is 32.1. The van der Waals surface area contributed by atoms with E-state index in [0.717, 1.165) is 35.6 Å². The van der Waals surface area contributed by atoms with Gasteiger partial charge in [-0.1, -0.05) is 36.4 Å². The first-order valence-corrected chi connectivity index (χ1v) is 8.66. The predicted molar refractivity (Wildman–Crippen MR) is 94.7 cm³/mol. The third-order valence-electron chi connectivity index (χ3n) is 4.33. The topological polar surface area (TPSA) is 44.4 Å². The Hall–Kier alpha value is -2.11. The van der Waals surface area contributed by atoms with Gasteiger partial charge in [-0.3, -0.25) is 4.79 Å². The number of carbonyl (C=O) groups excluding carboxylic acids is 1. The number of hydrogen-bond donors (Lipinski definition) is 2. The molecule has 118 valence electrons. The highest BCUT2D eigenvalue weighted by Gasteiger charge is 2.31. The minimum atomic E-state index is -0.159. The molecule has 1 aromatic carbocycles. The quantitative estimate of drug-likeness (QED) is 0.892. The molecule has 1 amide bonds. The number of benzene rings is 1. The third kappa shape index (κ3) is 2.78. The average Bonchev–Trinajstić information content (AvgIpc) is 2.91. The standard InChI is InChI=1S/C18H19N3OS/c1-21-10-9-13-14(11-21)23-18-16(13)17(22)19-15(20-18)8-7-12-5-3-2-4-6-12/h2-8,15,20H,9-11H2,1H3,(H,19,22)/b8-7-/t15-/m1/s1. The van der Waals surface area contributed by atoms with Gasteiger partial charge in [0.15, 0.2) is 0 Å². The number of hydrogen-bond acceptors (Lipinski definition) is 4. The van der Waals surface area contributed by atoms with Crippen LogP contribution in [0.2, 0.25) is 0 Å². The summed E-state index contributed by atoms with van der Waals surface area (Å²) in [5, 5.41) is 7.51. The van der Waals surface area contributed by atoms with E-state index < -0.39 is 0 Å². The van der Waals surface area contributed by atoms with E-state index in [1.165, 1.54) is 10.4 Å². The van der Waals surface area contributed by atoms with Gasteiger partial charge >= 0.3 is 0 Å². The lowest BCUT2D eigenvalue weighted by Gasteiger charge is -2.25. The molecule has 3 heterocycles. The molecular weight excluding hydrogens is 306 g/mol. The van der Waals surface area contributed by atoms with Crippen molar-refractivity contribution in [2.75, 3.05) is 18.9 Å². The van der Waals surface area contributed by atoms with Crippen molar-refractivity contribution in [1.82, 2.24) is 10.2 Å². The molecule has 23 heavy (non-hydrogen) atoms. The largest absolute Gasteiger partial charge is 0.353 e. The van der Waals surface area contributed by atoms with Crippen LogP contribution in [0.25, 0.3) is 6.08 Å². The van der Waals surface area contributed by atoms with Crippen molar-refractivity contribution in [1.29, 1.82) is 0 Å². The van der Waals surface area contributed by atoms with Crippen LogP contribution in [0.15, 0.2) is 36.4 Å². The summed E-state index contributed by atoms with van der Waals surface area (Å²) in [5.74, 6) is 0.0449. The lowest BCUT2D eigenvalue weighted by Crippen LogP contribution is -2.43. The summed E-state index contributed by atoms with van der Waals surface area (Å²) in [6.07, 6.45) is 4.83. The average molecular weight is 325 g/mol. The van der Waals surface area contributed by atoms with Gasteiger partial charge in [0.2, 0.25) is 0 Å². The summed E-state index contributed by atoms with van der Waals surface area (Å²) in [7, 11) is 2.13. The van der Waals surface area contributed by atoms with E-state index >= 15 is 0 Å². The van der Waals surface area contributed by atoms with Gasteiger partial charge in [0.25, 0.3) is 5.91 Å². The maximum absolute atomic E-state index is 12.5. The van der Waals surface area contributed by atoms with Crippen molar-refractivity contribution in [2.24, 2.45) is 0 Å². The van der Waals surface area contributed by atoms with Crippen LogP contribution in [0.1, 0.15) is 26.4 Å². The summed E-state index contributed by atoms with van der Waals surface area (Å²) in [6.45, 7) is 1.95. The number of fused-ring (bicyclic) bond motifs is 3. The van der Waals surface area contributed by atoms with E-state index in [1.807, 2.05) is 42.5 Å². The minimum absolute atomic E-state index is 0.0449. The van der Waals surface area contributed by atoms with Crippen LogP contribution in [0.5, 0.6) is 0 Å². The van der Waals surface area contributed by atoms with Gasteiger partial charge < -0.3 is 15.5 Å². The molecule has 0 saturated carbocycles. The second-order valence-electron chi connectivity index (χ2n) is 6.06. The van der Waals surface area contributed by atoms with E-state index in [0.29, 0.717) is 0 Å². The van der Waals surface area contributed by atoms with Crippen LogP contribution in [0.4, 0.5) is 5.00 Å². The van der Waals surface area contributed by atoms with Crippen LogP contribution < -0.4 is 10.6 Å². The molecule has 1 aromatic heterocycles. The fourth-order valence-corrected chi connectivity index (χ4v) is 4.49. The molecular formula is C18H19N3OS. The molecule has 4 nitrogen and oxygen atoms in total. The van der Waals surface area contributed by atoms with Gasteiger partial charge in [0.05, 0.1) is 5.56 Å². The van der Waals surface area contributed by atoms with Gasteiger partial charge in [-0.05, 0) is 30.7 Å². The molecule has 2 aliphatic heterocycles. The summed E-state index contributed by atoms with van der Waals surface area (Å²) in [4.78, 5) is 16.1. The van der Waals surface area contributed by atoms with Crippen LogP contribution in [0.3, 0.4) is 0 Å². The van der Waals surface area contributed by atoms with E-state index in [2.05, 4.69) is 22.6 Å². The van der Waals surface area contributed by atoms with E-state index in [-0.39, 0.29) is 12.1 Å². The lowest BCUT2D eigenvalue weighted by molar-refractivity contribution is 0.0942. The van der Waals surface area contributed by atoms with Crippen molar-refractivity contribution < 1.29 is 4.79 Å². The number of nitrogens with zero attached hydrogens (tertiary/aromatic N) is 1. The van der Waals surface area contributed by atoms with Crippen LogP contribution in [0, 0.1) is 0 Å². The van der Waals surface area contributed by atoms with Crippen LogP contribution >= 0.6 is 11.3 Å². The molecule has 2 N–H and O–H groups in total. The molecule has 1 atom stereocenters. The van der Waals surface area contributed by atoms with Crippen molar-refractivity contribution in [2.45, 2.75) is 19.1 Å². The molecule has 0 unspecified atom stereocenters. The van der Waals surface area contributed by atoms with Crippen LogP contribution in [-0.4, -0.2) is 30.6 Å². The van der Waals surface area contributed by atoms with Gasteiger partial charge in [-0.15, -0.1) is 11.3 Å². The minimum Gasteiger partial charge on any atom is -0.353 e. The van der Waals surface area contributed by atoms with E-state index in [9.17, 15) is 4.79 Å². The van der Waals surface area contributed by atoms with Crippen molar-refractivity contribution in [3.8, 4) is 0 Å². The molecule has 0 radical (unpaired) electrons. The summed E-state index contributed by atoms with van der Waals surface area (Å²) < 4.78 is 0. The van der Waals surface area contributed by atoms with E-state index in [4.69, 9.17) is 0 Å². The third-order valence-corrected chi connectivity index (χ3v) is 5.48. The SMILES string of the molecule is CN1CCc2c(sc3c2C(=O)N[C@@H](/C=C\c2ccccc2)N3)C1. The predicted octanol–water partition coefficient (Wildman–Crippen LogP) is 2.93. The van der Waals surface area contributed by atoms with E-state index in [1.54, 1.807) is 11.3 Å². The Morgan fingerprint density at radius 2 is 2.09 bits per heavy atom. The zero-order valence-corrected chi connectivity index (χ0v) is 13.8. The Kier molecular flexibility index (Phi) is 3.67. The fourth-order valence-electron chi connectivity index (χ4n) is 3.13. The monoisotopic (exact) mass is 325 g/mol. The van der Waals surface area contributed by atoms with Crippen LogP contribution in [-0.2, 0) is 13.0 Å². The Balaban J connectivity index is 1.58. The highest BCUT2D eigenvalue weighted by molar-refractivity contribution is 7.16. The van der Waals surface area contributed by atoms with Gasteiger partial charge in [-0.2, -0.15) is 0 Å². The Labute approximate surface area is 139 Å². The smallest absolute Gasteiger partial charge is 0.256 e. The first kappa shape index (κ1) is 14.5. The normalized spacial score (nSPS) is 20.7. The first-order valence-electron chi connectivity index (χ1n) is 7.84. The Bertz CT molecular complexity index is 766. The van der Waals surface area contributed by atoms with Gasteiger partial charge in [0, 0.05) is 18.0 Å². The fraction of sp³-hybridized carbons (Fsp3) is 0.278. The molecule has 4 rings (SSSR count). The molecule has 2 aliphatic rings. The maximum Gasteiger partial charge on any atom is 0.256 e. The van der Waals surface area contributed by atoms with Crippen molar-refractivity contribution in [3.63, 3.8) is 0 Å². The number of carbonyl (C=O) groups is 1. The number of thiophene rings is 1. The van der Waals surface area contributed by atoms with Gasteiger partial charge in [0.1, 0.15) is 11.2 Å². The maximum atomic E-state index is 12.5. The lowest BCUT2D eigenvalue weighted by atomic mass is 10.0. The molecule has 0 fully saturated rings. The Morgan fingerprint density at radius 3 is 2.91 bits per heavy atom.